The van der Waals surface area contributed by atoms with Crippen molar-refractivity contribution in [1.82, 2.24) is 0 Å². The van der Waals surface area contributed by atoms with Gasteiger partial charge in [0.05, 0.1) is 0 Å². The van der Waals surface area contributed by atoms with Gasteiger partial charge in [-0.05, 0) is 0 Å². The molecule has 0 saturated heterocycles. The fourth-order valence-electron chi connectivity index (χ4n) is 2.59. The molecule has 2 heterocycles. The van der Waals surface area contributed by atoms with E-state index in [-0.39, 0.29) is 5.78 Å². The zero-order chi connectivity index (χ0) is 16.4. The molecule has 0 aliphatic carbocycles. The van der Waals surface area contributed by atoms with Crippen molar-refractivity contribution in [2.24, 2.45) is 0 Å². The second-order valence-corrected chi connectivity index (χ2v) is 12.6. The van der Waals surface area contributed by atoms with Crippen LogP contribution in [0, 0.1) is 0 Å². The molecule has 0 amide bonds. The second-order valence-electron chi connectivity index (χ2n) is 5.15. The van der Waals surface area contributed by atoms with Gasteiger partial charge in [0, 0.05) is 0 Å². The number of ketones is 1. The van der Waals surface area contributed by atoms with E-state index in [0.29, 0.717) is 11.1 Å². The molecular weight excluding hydrogens is 371 g/mol. The van der Waals surface area contributed by atoms with E-state index >= 15 is 0 Å². The Morgan fingerprint density at radius 1 is 1.13 bits per heavy atom. The Morgan fingerprint density at radius 2 is 1.87 bits per heavy atom. The fourth-order valence-corrected chi connectivity index (χ4v) is 9.25. The van der Waals surface area contributed by atoms with Crippen LogP contribution in [0.1, 0.15) is 29.8 Å². The maximum absolute atomic E-state index is 12.9. The summed E-state index contributed by atoms with van der Waals surface area (Å²) in [6.07, 6.45) is 0. The molecule has 23 heavy (non-hydrogen) atoms. The Morgan fingerprint density at radius 3 is 2.61 bits per heavy atom. The standard InChI is InChI=1S/C18H17AsO3S/c1-3-19(4-2)18-14(9-10-23-18)17(21)13-6-5-12-7-8-16(20)22-15(12)11-13/h5-11H,3-4H2,1-2H3. The van der Waals surface area contributed by atoms with E-state index in [1.807, 2.05) is 17.5 Å². The summed E-state index contributed by atoms with van der Waals surface area (Å²) in [6.45, 7) is 4.42. The summed E-state index contributed by atoms with van der Waals surface area (Å²) in [6, 6.07) is 10.3. The third-order valence-electron chi connectivity index (χ3n) is 3.83. The molecule has 2 aromatic heterocycles. The van der Waals surface area contributed by atoms with Gasteiger partial charge in [-0.1, -0.05) is 0 Å². The molecule has 0 spiro atoms. The van der Waals surface area contributed by atoms with Crippen molar-refractivity contribution in [2.75, 3.05) is 0 Å². The summed E-state index contributed by atoms with van der Waals surface area (Å²) < 4.78 is 6.49. The Kier molecular flexibility index (Phi) is 4.84. The molecule has 0 aliphatic heterocycles. The van der Waals surface area contributed by atoms with Crippen LogP contribution in [0.25, 0.3) is 11.0 Å². The van der Waals surface area contributed by atoms with Gasteiger partial charge in [0.1, 0.15) is 0 Å². The van der Waals surface area contributed by atoms with Crippen LogP contribution in [0.3, 0.4) is 0 Å². The third-order valence-corrected chi connectivity index (χ3v) is 11.5. The molecule has 0 aliphatic rings. The monoisotopic (exact) mass is 388 g/mol. The van der Waals surface area contributed by atoms with Gasteiger partial charge in [0.2, 0.25) is 0 Å². The topological polar surface area (TPSA) is 47.3 Å². The van der Waals surface area contributed by atoms with Crippen molar-refractivity contribution < 1.29 is 9.21 Å². The Labute approximate surface area is 143 Å². The normalized spacial score (nSPS) is 11.3. The number of carbonyl (C=O) groups is 1. The van der Waals surface area contributed by atoms with Crippen LogP contribution in [0.4, 0.5) is 0 Å². The summed E-state index contributed by atoms with van der Waals surface area (Å²) in [5, 5.41) is 5.16. The summed E-state index contributed by atoms with van der Waals surface area (Å²) in [5.74, 6) is 0.0240. The van der Waals surface area contributed by atoms with E-state index in [2.05, 4.69) is 13.8 Å². The first-order valence-electron chi connectivity index (χ1n) is 7.55. The molecule has 3 aromatic rings. The predicted molar refractivity (Wildman–Crippen MR) is 96.6 cm³/mol. The Hall–Kier alpha value is -1.64. The van der Waals surface area contributed by atoms with Crippen molar-refractivity contribution in [3.05, 3.63) is 63.3 Å². The first kappa shape index (κ1) is 16.2. The van der Waals surface area contributed by atoms with Crippen LogP contribution in [0.15, 0.2) is 51.0 Å². The summed E-state index contributed by atoms with van der Waals surface area (Å²) >= 11 is 0.579. The molecule has 3 nitrogen and oxygen atoms in total. The molecule has 0 saturated carbocycles. The van der Waals surface area contributed by atoms with E-state index in [1.165, 1.54) is 9.73 Å². The molecule has 0 N–H and O–H groups in total. The van der Waals surface area contributed by atoms with Gasteiger partial charge < -0.3 is 0 Å². The molecule has 5 heteroatoms. The maximum atomic E-state index is 12.9. The van der Waals surface area contributed by atoms with Crippen LogP contribution < -0.4 is 9.29 Å². The molecule has 0 radical (unpaired) electrons. The SMILES string of the molecule is CC[As](CC)c1sccc1C(=O)c1ccc2ccc(=O)oc2c1. The van der Waals surface area contributed by atoms with Crippen molar-refractivity contribution in [2.45, 2.75) is 24.3 Å². The van der Waals surface area contributed by atoms with Gasteiger partial charge >= 0.3 is 143 Å². The zero-order valence-electron chi connectivity index (χ0n) is 13.0. The Balaban J connectivity index is 2.04. The zero-order valence-corrected chi connectivity index (χ0v) is 15.7. The summed E-state index contributed by atoms with van der Waals surface area (Å²) in [4.78, 5) is 24.3. The van der Waals surface area contributed by atoms with Crippen molar-refractivity contribution in [1.29, 1.82) is 0 Å². The van der Waals surface area contributed by atoms with Gasteiger partial charge in [-0.15, -0.1) is 0 Å². The van der Waals surface area contributed by atoms with Gasteiger partial charge in [0.25, 0.3) is 0 Å². The van der Waals surface area contributed by atoms with E-state index in [4.69, 9.17) is 4.42 Å². The minimum atomic E-state index is -1.13. The number of carbonyl (C=O) groups excluding carboxylic acids is 1. The quantitative estimate of drug-likeness (QED) is 0.379. The van der Waals surface area contributed by atoms with E-state index < -0.39 is 20.3 Å². The van der Waals surface area contributed by atoms with Crippen LogP contribution in [0.2, 0.25) is 10.4 Å². The Bertz CT molecular complexity index is 906. The molecule has 0 atom stereocenters. The van der Waals surface area contributed by atoms with Crippen LogP contribution in [-0.4, -0.2) is 20.4 Å². The van der Waals surface area contributed by atoms with Gasteiger partial charge in [-0.3, -0.25) is 0 Å². The molecular formula is C18H17AsO3S. The molecule has 3 rings (SSSR count). The van der Waals surface area contributed by atoms with Gasteiger partial charge in [-0.2, -0.15) is 0 Å². The van der Waals surface area contributed by atoms with Crippen molar-refractivity contribution >= 4 is 46.4 Å². The average molecular weight is 388 g/mol. The number of hydrogen-bond acceptors (Lipinski definition) is 4. The number of benzene rings is 1. The molecule has 1 aromatic carbocycles. The average Bonchev–Trinajstić information content (AvgIpc) is 3.04. The van der Waals surface area contributed by atoms with Gasteiger partial charge in [-0.25, -0.2) is 0 Å². The minimum absolute atomic E-state index is 0.0240. The number of rotatable bonds is 5. The number of hydrogen-bond donors (Lipinski definition) is 0. The fraction of sp³-hybridized carbons (Fsp3) is 0.222. The van der Waals surface area contributed by atoms with E-state index in [1.54, 1.807) is 29.5 Å². The summed E-state index contributed by atoms with van der Waals surface area (Å²) in [7, 11) is 0. The van der Waals surface area contributed by atoms with Crippen LogP contribution in [-0.2, 0) is 0 Å². The van der Waals surface area contributed by atoms with Crippen LogP contribution >= 0.6 is 11.3 Å². The van der Waals surface area contributed by atoms with Crippen molar-refractivity contribution in [3.8, 4) is 0 Å². The molecule has 118 valence electrons. The first-order chi connectivity index (χ1) is 11.1. The third kappa shape index (κ3) is 3.19. The molecule has 0 fully saturated rings. The van der Waals surface area contributed by atoms with Crippen LogP contribution in [0.5, 0.6) is 0 Å². The summed E-state index contributed by atoms with van der Waals surface area (Å²) in [5.41, 5.74) is 1.47. The number of thiophene rings is 1. The predicted octanol–water partition coefficient (Wildman–Crippen LogP) is 3.83. The first-order valence-corrected chi connectivity index (χ1v) is 12.0. The molecule has 0 unspecified atom stereocenters. The van der Waals surface area contributed by atoms with Gasteiger partial charge in [0.15, 0.2) is 0 Å². The molecule has 0 bridgehead atoms. The van der Waals surface area contributed by atoms with E-state index in [0.717, 1.165) is 21.4 Å². The van der Waals surface area contributed by atoms with E-state index in [9.17, 15) is 9.59 Å². The number of fused-ring (bicyclic) bond motifs is 1. The van der Waals surface area contributed by atoms with Crippen molar-refractivity contribution in [3.63, 3.8) is 0 Å². The second kappa shape index (κ2) is 6.86.